The lowest BCUT2D eigenvalue weighted by Gasteiger charge is -2.26. The minimum atomic E-state index is -2.28. The minimum absolute atomic E-state index is 0.240. The lowest BCUT2D eigenvalue weighted by molar-refractivity contribution is -0.372. The molecular formula is C34H68BClN2O3. The summed E-state index contributed by atoms with van der Waals surface area (Å²) in [6.45, 7) is 6.81. The van der Waals surface area contributed by atoms with Crippen molar-refractivity contribution in [1.82, 2.24) is 0 Å². The van der Waals surface area contributed by atoms with Crippen LogP contribution in [-0.4, -0.2) is 20.4 Å². The van der Waals surface area contributed by atoms with E-state index in [0.29, 0.717) is 5.02 Å². The Morgan fingerprint density at radius 3 is 1.02 bits per heavy atom. The van der Waals surface area contributed by atoms with Crippen LogP contribution < -0.4 is 26.2 Å². The van der Waals surface area contributed by atoms with Crippen LogP contribution in [0.1, 0.15) is 168 Å². The van der Waals surface area contributed by atoms with Gasteiger partial charge in [0.2, 0.25) is 0 Å². The number of rotatable bonds is 26. The summed E-state index contributed by atoms with van der Waals surface area (Å²) in [5, 5.41) is 20.5. The topological polar surface area (TPSA) is 111 Å². The van der Waals surface area contributed by atoms with E-state index < -0.39 is 7.32 Å². The van der Waals surface area contributed by atoms with Gasteiger partial charge in [0.15, 0.2) is 0 Å². The molecule has 6 N–H and O–H groups in total. The number of hydrogen-bond donors (Lipinski definition) is 2. The molecule has 0 saturated carbocycles. The van der Waals surface area contributed by atoms with Gasteiger partial charge < -0.3 is 26.2 Å². The standard InChI is InChI=1S/2C14H31N.C6H4BClO3/c2*1-2-3-4-5-6-7-8-9-10-11-12-13-14-15;8-5-1-3-6(4-2-5)11-7(9)10/h2*2-15H2,1H3;1-4H/q;;-2/p+2. The maximum atomic E-state index is 9.97. The van der Waals surface area contributed by atoms with Gasteiger partial charge >= 0.3 is 0 Å². The summed E-state index contributed by atoms with van der Waals surface area (Å²) in [5.74, 6) is 0.240. The third-order valence-corrected chi connectivity index (χ3v) is 7.51. The second kappa shape index (κ2) is 37.2. The highest BCUT2D eigenvalue weighted by atomic mass is 35.5. The van der Waals surface area contributed by atoms with E-state index in [4.69, 9.17) is 11.6 Å². The van der Waals surface area contributed by atoms with E-state index in [9.17, 15) is 10.0 Å². The molecule has 1 aromatic rings. The molecule has 5 nitrogen and oxygen atoms in total. The maximum Gasteiger partial charge on any atom is 0.133 e. The molecule has 242 valence electrons. The fourth-order valence-electron chi connectivity index (χ4n) is 4.66. The second-order valence-corrected chi connectivity index (χ2v) is 11.8. The van der Waals surface area contributed by atoms with Crippen molar-refractivity contribution in [3.63, 3.8) is 0 Å². The summed E-state index contributed by atoms with van der Waals surface area (Å²) in [4.78, 5) is 0. The van der Waals surface area contributed by atoms with Crippen molar-refractivity contribution < 1.29 is 26.2 Å². The van der Waals surface area contributed by atoms with Crippen LogP contribution in [0.25, 0.3) is 0 Å². The average molecular weight is 599 g/mol. The van der Waals surface area contributed by atoms with Crippen molar-refractivity contribution in [2.45, 2.75) is 168 Å². The van der Waals surface area contributed by atoms with Gasteiger partial charge in [0.25, 0.3) is 0 Å². The average Bonchev–Trinajstić information content (AvgIpc) is 2.96. The quantitative estimate of drug-likeness (QED) is 0.0863. The van der Waals surface area contributed by atoms with Gasteiger partial charge in [0.05, 0.1) is 18.8 Å². The Labute approximate surface area is 260 Å². The molecule has 7 heteroatoms. The monoisotopic (exact) mass is 599 g/mol. The van der Waals surface area contributed by atoms with E-state index in [0.717, 1.165) is 13.1 Å². The molecule has 0 atom stereocenters. The van der Waals surface area contributed by atoms with Crippen molar-refractivity contribution in [2.75, 3.05) is 13.1 Å². The number of hydrogen-bond acceptors (Lipinski definition) is 3. The Hall–Kier alpha value is -0.785. The van der Waals surface area contributed by atoms with E-state index >= 15 is 0 Å². The molecule has 0 aliphatic rings. The fourth-order valence-corrected chi connectivity index (χ4v) is 4.79. The molecule has 1 rings (SSSR count). The van der Waals surface area contributed by atoms with Crippen LogP contribution in [0.4, 0.5) is 0 Å². The molecule has 0 aliphatic carbocycles. The second-order valence-electron chi connectivity index (χ2n) is 11.3. The largest absolute Gasteiger partial charge is 0.860 e. The van der Waals surface area contributed by atoms with Gasteiger partial charge in [-0.3, -0.25) is 0 Å². The van der Waals surface area contributed by atoms with E-state index in [1.807, 2.05) is 0 Å². The number of unbranched alkanes of at least 4 members (excludes halogenated alkanes) is 22. The zero-order chi connectivity index (χ0) is 30.7. The molecule has 0 amide bonds. The van der Waals surface area contributed by atoms with Crippen LogP contribution in [-0.2, 0) is 0 Å². The van der Waals surface area contributed by atoms with Crippen molar-refractivity contribution in [2.24, 2.45) is 0 Å². The summed E-state index contributed by atoms with van der Waals surface area (Å²) in [6.07, 6.45) is 34.5. The molecule has 0 spiro atoms. The Balaban J connectivity index is 0. The number of halogens is 1. The maximum absolute atomic E-state index is 9.97. The highest BCUT2D eigenvalue weighted by Crippen LogP contribution is 2.15. The third kappa shape index (κ3) is 39.2. The van der Waals surface area contributed by atoms with Gasteiger partial charge in [0, 0.05) is 5.02 Å². The first kappa shape index (κ1) is 42.3. The van der Waals surface area contributed by atoms with Gasteiger partial charge in [-0.1, -0.05) is 154 Å². The highest BCUT2D eigenvalue weighted by molar-refractivity contribution is 6.31. The van der Waals surface area contributed by atoms with Gasteiger partial charge in [-0.2, -0.15) is 0 Å². The lowest BCUT2D eigenvalue weighted by Crippen LogP contribution is -2.50. The van der Waals surface area contributed by atoms with Crippen molar-refractivity contribution in [3.8, 4) is 5.75 Å². The van der Waals surface area contributed by atoms with Crippen molar-refractivity contribution in [3.05, 3.63) is 29.3 Å². The summed E-state index contributed by atoms with van der Waals surface area (Å²) in [7, 11) is -2.28. The van der Waals surface area contributed by atoms with Gasteiger partial charge in [0.1, 0.15) is 7.32 Å². The predicted octanol–water partition coefficient (Wildman–Crippen LogP) is 7.28. The molecule has 0 bridgehead atoms. The van der Waals surface area contributed by atoms with E-state index in [2.05, 4.69) is 30.0 Å². The number of quaternary nitrogens is 2. The molecule has 1 aromatic carbocycles. The Morgan fingerprint density at radius 1 is 0.512 bits per heavy atom. The SMILES string of the molecule is CCCCCCCCCCCCCC[NH3+].CCCCCCCCCCCCCC[NH3+].[O-]B([O-])Oc1ccc(Cl)cc1. The predicted molar refractivity (Wildman–Crippen MR) is 176 cm³/mol. The first-order valence-corrected chi connectivity index (χ1v) is 17.7. The summed E-state index contributed by atoms with van der Waals surface area (Å²) < 4.78 is 4.30. The molecular weight excluding hydrogens is 531 g/mol. The Kier molecular flexibility index (Phi) is 38.5. The summed E-state index contributed by atoms with van der Waals surface area (Å²) >= 11 is 5.54. The molecule has 0 aliphatic heterocycles. The van der Waals surface area contributed by atoms with E-state index in [-0.39, 0.29) is 5.75 Å². The highest BCUT2D eigenvalue weighted by Gasteiger charge is 1.94. The van der Waals surface area contributed by atoms with Gasteiger partial charge in [-0.25, -0.2) is 0 Å². The zero-order valence-electron chi connectivity index (χ0n) is 27.3. The van der Waals surface area contributed by atoms with E-state index in [1.165, 1.54) is 166 Å². The summed E-state index contributed by atoms with van der Waals surface area (Å²) in [6, 6.07) is 6.01. The Bertz CT molecular complexity index is 544. The normalized spacial score (nSPS) is 10.4. The third-order valence-electron chi connectivity index (χ3n) is 7.25. The van der Waals surface area contributed by atoms with Crippen LogP contribution in [0.2, 0.25) is 5.02 Å². The molecule has 0 saturated heterocycles. The first-order chi connectivity index (χ1) is 20.0. The Morgan fingerprint density at radius 2 is 0.780 bits per heavy atom. The zero-order valence-corrected chi connectivity index (χ0v) is 28.0. The van der Waals surface area contributed by atoms with Crippen LogP contribution in [0, 0.1) is 0 Å². The molecule has 41 heavy (non-hydrogen) atoms. The van der Waals surface area contributed by atoms with Crippen LogP contribution >= 0.6 is 11.6 Å². The molecule has 0 radical (unpaired) electrons. The lowest BCUT2D eigenvalue weighted by atomic mass is 10.1. The minimum Gasteiger partial charge on any atom is -0.860 e. The van der Waals surface area contributed by atoms with E-state index in [1.54, 1.807) is 12.1 Å². The van der Waals surface area contributed by atoms with Crippen molar-refractivity contribution in [1.29, 1.82) is 0 Å². The number of benzene rings is 1. The fraction of sp³-hybridized carbons (Fsp3) is 0.824. The molecule has 0 aromatic heterocycles. The van der Waals surface area contributed by atoms with Crippen LogP contribution in [0.3, 0.4) is 0 Å². The summed E-state index contributed by atoms with van der Waals surface area (Å²) in [5.41, 5.74) is 7.74. The first-order valence-electron chi connectivity index (χ1n) is 17.3. The van der Waals surface area contributed by atoms with Crippen LogP contribution in [0.15, 0.2) is 24.3 Å². The smallest absolute Gasteiger partial charge is 0.133 e. The van der Waals surface area contributed by atoms with Crippen LogP contribution in [0.5, 0.6) is 5.75 Å². The van der Waals surface area contributed by atoms with Crippen molar-refractivity contribution >= 4 is 18.9 Å². The molecule has 0 fully saturated rings. The van der Waals surface area contributed by atoms with Gasteiger partial charge in [-0.05, 0) is 49.9 Å². The van der Waals surface area contributed by atoms with Gasteiger partial charge in [-0.15, -0.1) is 0 Å². The molecule has 0 unspecified atom stereocenters. The molecule has 0 heterocycles.